The molecule has 3 unspecified atom stereocenters. The first-order valence-electron chi connectivity index (χ1n) is 26.6. The lowest BCUT2D eigenvalue weighted by Gasteiger charge is -2.39. The van der Waals surface area contributed by atoms with Gasteiger partial charge in [-0.05, 0) is 116 Å². The highest BCUT2D eigenvalue weighted by Crippen LogP contribution is 2.62. The summed E-state index contributed by atoms with van der Waals surface area (Å²) in [6.07, 6.45) is 9.13. The maximum atomic E-state index is 2.54. The molecule has 356 valence electrons. The zero-order valence-corrected chi connectivity index (χ0v) is 41.6. The molecule has 16 rings (SSSR count). The van der Waals surface area contributed by atoms with E-state index in [4.69, 9.17) is 0 Å². The molecule has 76 heavy (non-hydrogen) atoms. The van der Waals surface area contributed by atoms with Crippen LogP contribution < -0.4 is 9.80 Å². The van der Waals surface area contributed by atoms with Gasteiger partial charge >= 0.3 is 0 Å². The van der Waals surface area contributed by atoms with Crippen LogP contribution in [0.5, 0.6) is 0 Å². The van der Waals surface area contributed by atoms with Crippen molar-refractivity contribution in [1.29, 1.82) is 0 Å². The van der Waals surface area contributed by atoms with E-state index in [1.807, 2.05) is 0 Å². The Bertz CT molecular complexity index is 4390. The number of aromatic nitrogens is 1. The average molecular weight is 968 g/mol. The first-order valence-corrected chi connectivity index (χ1v) is 26.6. The van der Waals surface area contributed by atoms with E-state index in [2.05, 4.69) is 300 Å². The number of fused-ring (bicyclic) bond motifs is 15. The highest BCUT2D eigenvalue weighted by molar-refractivity contribution is 6.13. The van der Waals surface area contributed by atoms with Gasteiger partial charge in [-0.15, -0.1) is 0 Å². The van der Waals surface area contributed by atoms with Crippen molar-refractivity contribution < 1.29 is 0 Å². The summed E-state index contributed by atoms with van der Waals surface area (Å²) in [6, 6.07) is 97.6. The molecule has 2 aliphatic carbocycles. The number of para-hydroxylation sites is 6. The molecule has 0 saturated heterocycles. The van der Waals surface area contributed by atoms with Gasteiger partial charge in [-0.25, -0.2) is 0 Å². The van der Waals surface area contributed by atoms with Crippen LogP contribution in [0, 0.1) is 0 Å². The molecule has 3 nitrogen and oxygen atoms in total. The summed E-state index contributed by atoms with van der Waals surface area (Å²) in [6.45, 7) is 0. The molecular weight excluding hydrogens is 919 g/mol. The number of benzene rings is 11. The van der Waals surface area contributed by atoms with Crippen LogP contribution >= 0.6 is 0 Å². The number of hydrogen-bond acceptors (Lipinski definition) is 2. The lowest BCUT2D eigenvalue weighted by Crippen LogP contribution is -2.33. The summed E-state index contributed by atoms with van der Waals surface area (Å²) < 4.78 is 2.53. The van der Waals surface area contributed by atoms with E-state index < -0.39 is 5.41 Å². The minimum absolute atomic E-state index is 0.175. The summed E-state index contributed by atoms with van der Waals surface area (Å²) in [5.74, 6) is 0.280. The number of nitrogens with zero attached hydrogens (tertiary/aromatic N) is 3. The predicted octanol–water partition coefficient (Wildman–Crippen LogP) is 18.7. The molecule has 3 atom stereocenters. The number of anilines is 5. The van der Waals surface area contributed by atoms with Gasteiger partial charge < -0.3 is 14.4 Å². The van der Waals surface area contributed by atoms with Gasteiger partial charge in [0, 0.05) is 44.9 Å². The molecule has 1 spiro atoms. The van der Waals surface area contributed by atoms with E-state index in [0.29, 0.717) is 0 Å². The van der Waals surface area contributed by atoms with Crippen molar-refractivity contribution in [2.24, 2.45) is 0 Å². The Balaban J connectivity index is 0.920. The standard InChI is InChI=1S/C73H49N3/c1-2-20-48(21-3-1)49-40-42-50(43-41-49)54-24-5-12-34-66(54)74(52-22-18-23-53(47-52)75-68-36-14-7-27-58(68)59-28-8-15-37-69(59)75)67-35-13-6-25-55(67)51-44-45-57-56-26-4-10-31-62(56)73(65(57)46-51)63-32-11-17-39-71(63)76-70-38-16-9-29-60(70)61-30-19-33-64(73)72(61)76/h1-47,58,68H. The molecule has 0 saturated carbocycles. The second-order valence-corrected chi connectivity index (χ2v) is 20.7. The van der Waals surface area contributed by atoms with Crippen LogP contribution in [-0.2, 0) is 5.41 Å². The third-order valence-corrected chi connectivity index (χ3v) is 16.9. The second-order valence-electron chi connectivity index (χ2n) is 20.7. The van der Waals surface area contributed by atoms with Crippen LogP contribution in [0.2, 0.25) is 0 Å². The molecule has 0 bridgehead atoms. The van der Waals surface area contributed by atoms with E-state index in [1.165, 1.54) is 88.8 Å². The largest absolute Gasteiger partial charge is 0.333 e. The molecule has 4 aliphatic rings. The third-order valence-electron chi connectivity index (χ3n) is 16.9. The fraction of sp³-hybridized carbons (Fsp3) is 0.0411. The fourth-order valence-corrected chi connectivity index (χ4v) is 13.8. The lowest BCUT2D eigenvalue weighted by molar-refractivity contribution is 0.745. The first-order chi connectivity index (χ1) is 37.7. The lowest BCUT2D eigenvalue weighted by atomic mass is 9.65. The van der Waals surface area contributed by atoms with Gasteiger partial charge in [0.15, 0.2) is 0 Å². The van der Waals surface area contributed by atoms with E-state index >= 15 is 0 Å². The van der Waals surface area contributed by atoms with Crippen molar-refractivity contribution >= 4 is 50.2 Å². The quantitative estimate of drug-likeness (QED) is 0.158. The van der Waals surface area contributed by atoms with Crippen molar-refractivity contribution in [1.82, 2.24) is 4.57 Å². The SMILES string of the molecule is C1=CC2c3ccccc3N(c3cccc(N(c4ccccc4-c4ccc(-c5ccccc5)cc4)c4ccccc4-c4ccc5c(c4)C4(c6ccccc6-5)c5ccccc5-n5c6ccccc6c6cccc4c65)c3)C2C=C1. The van der Waals surface area contributed by atoms with Crippen LogP contribution in [0.1, 0.15) is 33.7 Å². The molecule has 3 heterocycles. The molecule has 2 aliphatic heterocycles. The molecule has 12 aromatic rings. The first kappa shape index (κ1) is 42.8. The topological polar surface area (TPSA) is 11.4 Å². The number of allylic oxidation sites excluding steroid dienone is 2. The Labute approximate surface area is 442 Å². The molecule has 0 radical (unpaired) electrons. The highest BCUT2D eigenvalue weighted by Gasteiger charge is 2.51. The van der Waals surface area contributed by atoms with Crippen molar-refractivity contribution in [2.75, 3.05) is 9.80 Å². The molecule has 0 fully saturated rings. The maximum absolute atomic E-state index is 2.54. The smallest absolute Gasteiger partial charge is 0.0754 e. The second kappa shape index (κ2) is 16.7. The van der Waals surface area contributed by atoms with Crippen LogP contribution in [-0.4, -0.2) is 10.6 Å². The Morgan fingerprint density at radius 1 is 0.368 bits per heavy atom. The Kier molecular flexibility index (Phi) is 9.38. The normalized spacial score (nSPS) is 17.1. The van der Waals surface area contributed by atoms with E-state index in [1.54, 1.807) is 0 Å². The molecule has 0 amide bonds. The predicted molar refractivity (Wildman–Crippen MR) is 316 cm³/mol. The molecule has 0 N–H and O–H groups in total. The van der Waals surface area contributed by atoms with Crippen molar-refractivity contribution in [3.8, 4) is 50.2 Å². The number of rotatable bonds is 7. The zero-order valence-electron chi connectivity index (χ0n) is 41.6. The zero-order chi connectivity index (χ0) is 49.9. The van der Waals surface area contributed by atoms with Gasteiger partial charge in [-0.3, -0.25) is 0 Å². The summed E-state index contributed by atoms with van der Waals surface area (Å²) in [7, 11) is 0. The number of hydrogen-bond donors (Lipinski definition) is 0. The molecule has 11 aromatic carbocycles. The molecule has 3 heteroatoms. The highest BCUT2D eigenvalue weighted by atomic mass is 15.2. The molecular formula is C73H49N3. The van der Waals surface area contributed by atoms with Gasteiger partial charge in [-0.2, -0.15) is 0 Å². The van der Waals surface area contributed by atoms with Crippen molar-refractivity contribution in [3.05, 3.63) is 313 Å². The monoisotopic (exact) mass is 967 g/mol. The third kappa shape index (κ3) is 6.05. The van der Waals surface area contributed by atoms with E-state index in [9.17, 15) is 0 Å². The van der Waals surface area contributed by atoms with E-state index in [-0.39, 0.29) is 12.0 Å². The van der Waals surface area contributed by atoms with Crippen molar-refractivity contribution in [2.45, 2.75) is 17.4 Å². The summed E-state index contributed by atoms with van der Waals surface area (Å²) >= 11 is 0. The molecule has 1 aromatic heterocycles. The fourth-order valence-electron chi connectivity index (χ4n) is 13.8. The minimum atomic E-state index is -0.573. The van der Waals surface area contributed by atoms with Gasteiger partial charge in [0.2, 0.25) is 0 Å². The van der Waals surface area contributed by atoms with Gasteiger partial charge in [0.25, 0.3) is 0 Å². The van der Waals surface area contributed by atoms with Crippen LogP contribution in [0.25, 0.3) is 72.0 Å². The summed E-state index contributed by atoms with van der Waals surface area (Å²) in [4.78, 5) is 5.06. The average Bonchev–Trinajstić information content (AvgIpc) is 4.13. The Morgan fingerprint density at radius 2 is 0.961 bits per heavy atom. The summed E-state index contributed by atoms with van der Waals surface area (Å²) in [5.41, 5.74) is 25.1. The van der Waals surface area contributed by atoms with E-state index in [0.717, 1.165) is 39.4 Å². The maximum Gasteiger partial charge on any atom is 0.0754 e. The minimum Gasteiger partial charge on any atom is -0.333 e. The Hall–Kier alpha value is -9.70. The van der Waals surface area contributed by atoms with Crippen molar-refractivity contribution in [3.63, 3.8) is 0 Å². The summed E-state index contributed by atoms with van der Waals surface area (Å²) in [5, 5.41) is 2.56. The van der Waals surface area contributed by atoms with Gasteiger partial charge in [-0.1, -0.05) is 231 Å². The van der Waals surface area contributed by atoms with Gasteiger partial charge in [0.05, 0.1) is 39.6 Å². The van der Waals surface area contributed by atoms with Crippen LogP contribution in [0.15, 0.2) is 285 Å². The Morgan fingerprint density at radius 3 is 1.80 bits per heavy atom. The van der Waals surface area contributed by atoms with Crippen LogP contribution in [0.3, 0.4) is 0 Å². The van der Waals surface area contributed by atoms with Gasteiger partial charge in [0.1, 0.15) is 0 Å². The van der Waals surface area contributed by atoms with Crippen LogP contribution in [0.4, 0.5) is 28.4 Å².